The Kier molecular flexibility index (Phi) is 9.58. The van der Waals surface area contributed by atoms with Gasteiger partial charge in [0.1, 0.15) is 11.6 Å². The fourth-order valence-corrected chi connectivity index (χ4v) is 1.03. The molecule has 0 atom stereocenters. The lowest BCUT2D eigenvalue weighted by atomic mass is 10.3. The van der Waals surface area contributed by atoms with E-state index in [9.17, 15) is 4.79 Å². The summed E-state index contributed by atoms with van der Waals surface area (Å²) in [6, 6.07) is 1.80. The molecule has 0 spiro atoms. The van der Waals surface area contributed by atoms with Gasteiger partial charge in [0, 0.05) is 34.1 Å². The third-order valence-electron chi connectivity index (χ3n) is 2.01. The van der Waals surface area contributed by atoms with Crippen LogP contribution in [0, 0.1) is 11.3 Å². The van der Waals surface area contributed by atoms with E-state index < -0.39 is 12.2 Å². The van der Waals surface area contributed by atoms with Gasteiger partial charge in [0.2, 0.25) is 0 Å². The highest BCUT2D eigenvalue weighted by atomic mass is 16.7. The Bertz CT molecular complexity index is 308. The van der Waals surface area contributed by atoms with Crippen molar-refractivity contribution in [1.82, 2.24) is 10.6 Å². The molecular formula is C11H19N3O4. The fraction of sp³-hybridized carbons (Fsp3) is 0.636. The summed E-state index contributed by atoms with van der Waals surface area (Å²) in [4.78, 5) is 11.5. The first kappa shape index (κ1) is 16.4. The SMILES string of the molecule is COCCNC(=O)/C(C#N)=C\NCC(OC)OC. The van der Waals surface area contributed by atoms with Crippen LogP contribution in [0.3, 0.4) is 0 Å². The van der Waals surface area contributed by atoms with E-state index in [2.05, 4.69) is 10.6 Å². The van der Waals surface area contributed by atoms with Crippen LogP contribution in [0.4, 0.5) is 0 Å². The molecule has 0 aromatic carbocycles. The van der Waals surface area contributed by atoms with Crippen LogP contribution in [0.2, 0.25) is 0 Å². The normalized spacial score (nSPS) is 11.2. The second kappa shape index (κ2) is 10.5. The van der Waals surface area contributed by atoms with Gasteiger partial charge >= 0.3 is 0 Å². The maximum absolute atomic E-state index is 11.5. The van der Waals surface area contributed by atoms with Gasteiger partial charge in [0.05, 0.1) is 13.2 Å². The predicted molar refractivity (Wildman–Crippen MR) is 64.4 cm³/mol. The summed E-state index contributed by atoms with van der Waals surface area (Å²) in [5.41, 5.74) is -0.0166. The standard InChI is InChI=1S/C11H19N3O4/c1-16-5-4-14-11(15)9(6-12)7-13-8-10(17-2)18-3/h7,10,13H,4-5,8H2,1-3H3,(H,14,15)/b9-7-. The molecule has 1 amide bonds. The van der Waals surface area contributed by atoms with Crippen LogP contribution < -0.4 is 10.6 Å². The Morgan fingerprint density at radius 1 is 1.39 bits per heavy atom. The summed E-state index contributed by atoms with van der Waals surface area (Å²) < 4.78 is 14.7. The van der Waals surface area contributed by atoms with Crippen LogP contribution >= 0.6 is 0 Å². The Hall–Kier alpha value is -1.62. The summed E-state index contributed by atoms with van der Waals surface area (Å²) in [6.45, 7) is 1.09. The largest absolute Gasteiger partial charge is 0.385 e. The zero-order valence-electron chi connectivity index (χ0n) is 10.9. The van der Waals surface area contributed by atoms with E-state index in [4.69, 9.17) is 19.5 Å². The number of hydrogen-bond acceptors (Lipinski definition) is 6. The minimum Gasteiger partial charge on any atom is -0.385 e. The number of nitrogens with zero attached hydrogens (tertiary/aromatic N) is 1. The van der Waals surface area contributed by atoms with Crippen molar-refractivity contribution in [3.8, 4) is 6.07 Å². The molecule has 7 nitrogen and oxygen atoms in total. The maximum Gasteiger partial charge on any atom is 0.263 e. The fourth-order valence-electron chi connectivity index (χ4n) is 1.03. The van der Waals surface area contributed by atoms with Gasteiger partial charge < -0.3 is 24.8 Å². The summed E-state index contributed by atoms with van der Waals surface area (Å²) >= 11 is 0. The number of hydrogen-bond donors (Lipinski definition) is 2. The first-order chi connectivity index (χ1) is 8.69. The second-order valence-electron chi connectivity index (χ2n) is 3.23. The average Bonchev–Trinajstić information content (AvgIpc) is 2.39. The van der Waals surface area contributed by atoms with Gasteiger partial charge in [-0.15, -0.1) is 0 Å². The highest BCUT2D eigenvalue weighted by Crippen LogP contribution is 1.92. The molecule has 0 fully saturated rings. The maximum atomic E-state index is 11.5. The van der Waals surface area contributed by atoms with Gasteiger partial charge in [-0.3, -0.25) is 4.79 Å². The molecule has 0 bridgehead atoms. The molecule has 102 valence electrons. The lowest BCUT2D eigenvalue weighted by Gasteiger charge is -2.12. The first-order valence-electron chi connectivity index (χ1n) is 5.36. The molecule has 0 aromatic rings. The van der Waals surface area contributed by atoms with Crippen LogP contribution in [0.25, 0.3) is 0 Å². The van der Waals surface area contributed by atoms with E-state index in [-0.39, 0.29) is 5.57 Å². The van der Waals surface area contributed by atoms with Crippen molar-refractivity contribution in [3.63, 3.8) is 0 Å². The van der Waals surface area contributed by atoms with Gasteiger partial charge in [-0.05, 0) is 0 Å². The van der Waals surface area contributed by atoms with Gasteiger partial charge in [-0.2, -0.15) is 5.26 Å². The summed E-state index contributed by atoms with van der Waals surface area (Å²) in [7, 11) is 4.54. The minimum atomic E-state index is -0.451. The number of carbonyl (C=O) groups is 1. The molecule has 2 N–H and O–H groups in total. The molecular weight excluding hydrogens is 238 g/mol. The summed E-state index contributed by atoms with van der Waals surface area (Å²) in [5.74, 6) is -0.451. The van der Waals surface area contributed by atoms with Gasteiger partial charge in [0.15, 0.2) is 6.29 Å². The van der Waals surface area contributed by atoms with E-state index in [1.807, 2.05) is 0 Å². The Labute approximate surface area is 107 Å². The summed E-state index contributed by atoms with van der Waals surface area (Å²) in [5, 5.41) is 14.1. The summed E-state index contributed by atoms with van der Waals surface area (Å²) in [6.07, 6.45) is 0.894. The van der Waals surface area contributed by atoms with Crippen molar-refractivity contribution in [3.05, 3.63) is 11.8 Å². The Morgan fingerprint density at radius 2 is 2.06 bits per heavy atom. The van der Waals surface area contributed by atoms with Crippen molar-refractivity contribution in [2.24, 2.45) is 0 Å². The number of nitriles is 1. The molecule has 0 aromatic heterocycles. The van der Waals surface area contributed by atoms with Gasteiger partial charge in [0.25, 0.3) is 5.91 Å². The second-order valence-corrected chi connectivity index (χ2v) is 3.23. The van der Waals surface area contributed by atoms with Gasteiger partial charge in [-0.1, -0.05) is 0 Å². The number of ether oxygens (including phenoxy) is 3. The van der Waals surface area contributed by atoms with E-state index >= 15 is 0 Å². The molecule has 0 aliphatic heterocycles. The van der Waals surface area contributed by atoms with E-state index in [1.165, 1.54) is 27.5 Å². The smallest absolute Gasteiger partial charge is 0.263 e. The van der Waals surface area contributed by atoms with Crippen molar-refractivity contribution < 1.29 is 19.0 Å². The minimum absolute atomic E-state index is 0.0166. The van der Waals surface area contributed by atoms with Crippen molar-refractivity contribution in [2.75, 3.05) is 41.0 Å². The third kappa shape index (κ3) is 6.85. The zero-order valence-corrected chi connectivity index (χ0v) is 10.9. The third-order valence-corrected chi connectivity index (χ3v) is 2.01. The Balaban J connectivity index is 4.15. The van der Waals surface area contributed by atoms with Crippen molar-refractivity contribution in [2.45, 2.75) is 6.29 Å². The number of nitrogens with one attached hydrogen (secondary N) is 2. The number of methoxy groups -OCH3 is 3. The van der Waals surface area contributed by atoms with Crippen molar-refractivity contribution >= 4 is 5.91 Å². The topological polar surface area (TPSA) is 92.6 Å². The molecule has 0 aliphatic carbocycles. The van der Waals surface area contributed by atoms with E-state index in [0.29, 0.717) is 19.7 Å². The molecule has 0 rings (SSSR count). The van der Waals surface area contributed by atoms with Crippen LogP contribution in [-0.2, 0) is 19.0 Å². The molecule has 0 saturated carbocycles. The highest BCUT2D eigenvalue weighted by Gasteiger charge is 2.08. The molecule has 0 heterocycles. The average molecular weight is 257 g/mol. The first-order valence-corrected chi connectivity index (χ1v) is 5.36. The molecule has 0 radical (unpaired) electrons. The van der Waals surface area contributed by atoms with Crippen molar-refractivity contribution in [1.29, 1.82) is 5.26 Å². The van der Waals surface area contributed by atoms with Crippen LogP contribution in [-0.4, -0.2) is 53.2 Å². The predicted octanol–water partition coefficient (Wildman–Crippen LogP) is -0.635. The van der Waals surface area contributed by atoms with E-state index in [1.54, 1.807) is 6.07 Å². The van der Waals surface area contributed by atoms with Crippen LogP contribution in [0.15, 0.2) is 11.8 Å². The highest BCUT2D eigenvalue weighted by molar-refractivity contribution is 5.97. The van der Waals surface area contributed by atoms with Crippen LogP contribution in [0.5, 0.6) is 0 Å². The molecule has 0 aliphatic rings. The Morgan fingerprint density at radius 3 is 2.56 bits per heavy atom. The van der Waals surface area contributed by atoms with Gasteiger partial charge in [-0.25, -0.2) is 0 Å². The molecule has 7 heteroatoms. The molecule has 0 unspecified atom stereocenters. The number of carbonyl (C=O) groups excluding carboxylic acids is 1. The molecule has 0 saturated heterocycles. The van der Waals surface area contributed by atoms with E-state index in [0.717, 1.165) is 0 Å². The van der Waals surface area contributed by atoms with Crippen LogP contribution in [0.1, 0.15) is 0 Å². The number of amides is 1. The zero-order chi connectivity index (χ0) is 13.8. The lowest BCUT2D eigenvalue weighted by Crippen LogP contribution is -2.30. The monoisotopic (exact) mass is 257 g/mol. The quantitative estimate of drug-likeness (QED) is 0.247. The number of rotatable bonds is 9. The lowest BCUT2D eigenvalue weighted by molar-refractivity contribution is -0.117. The molecule has 18 heavy (non-hydrogen) atoms.